The standard InChI is InChI=1S/C21H20N4O4/c1-13-12-24(20(28)14-5-3-2-4-6-14)9-10-25(13)21(29)18(27)15-11-23-19-17(15)16(26)7-8-22-19/h2-8,11,13H,9-10,12H2,1H3,(H2,22,23,26)/t13-/m1/s1. The molecule has 2 amide bonds. The molecule has 29 heavy (non-hydrogen) atoms. The molecule has 8 heteroatoms. The number of carbonyl (C=O) groups is 3. The van der Waals surface area contributed by atoms with Crippen LogP contribution >= 0.6 is 0 Å². The van der Waals surface area contributed by atoms with Crippen LogP contribution in [0.25, 0.3) is 11.0 Å². The zero-order chi connectivity index (χ0) is 20.5. The van der Waals surface area contributed by atoms with Crippen molar-refractivity contribution in [1.29, 1.82) is 0 Å². The Labute approximate surface area is 166 Å². The van der Waals surface area contributed by atoms with Gasteiger partial charge in [-0.05, 0) is 25.1 Å². The number of hydrogen-bond acceptors (Lipinski definition) is 5. The number of aromatic nitrogens is 2. The maximum absolute atomic E-state index is 12.9. The summed E-state index contributed by atoms with van der Waals surface area (Å²) in [6, 6.07) is 10.0. The van der Waals surface area contributed by atoms with Crippen molar-refractivity contribution < 1.29 is 19.5 Å². The molecule has 0 aliphatic carbocycles. The van der Waals surface area contributed by atoms with Crippen molar-refractivity contribution >= 4 is 28.6 Å². The van der Waals surface area contributed by atoms with E-state index in [1.165, 1.54) is 23.4 Å². The number of hydrogen-bond donors (Lipinski definition) is 2. The van der Waals surface area contributed by atoms with Crippen LogP contribution in [0.3, 0.4) is 0 Å². The summed E-state index contributed by atoms with van der Waals surface area (Å²) in [6.07, 6.45) is 2.80. The second-order valence-electron chi connectivity index (χ2n) is 7.05. The summed E-state index contributed by atoms with van der Waals surface area (Å²) in [5, 5.41) is 10.3. The van der Waals surface area contributed by atoms with Gasteiger partial charge in [0, 0.05) is 43.6 Å². The van der Waals surface area contributed by atoms with Crippen molar-refractivity contribution in [2.24, 2.45) is 0 Å². The number of H-pyrrole nitrogens is 1. The highest BCUT2D eigenvalue weighted by atomic mass is 16.3. The van der Waals surface area contributed by atoms with Crippen LogP contribution in [0.1, 0.15) is 27.6 Å². The highest BCUT2D eigenvalue weighted by molar-refractivity contribution is 6.45. The Morgan fingerprint density at radius 2 is 1.90 bits per heavy atom. The molecule has 2 aromatic heterocycles. The first kappa shape index (κ1) is 18.7. The van der Waals surface area contributed by atoms with Gasteiger partial charge >= 0.3 is 0 Å². The van der Waals surface area contributed by atoms with E-state index in [4.69, 9.17) is 0 Å². The van der Waals surface area contributed by atoms with Crippen LogP contribution in [0.15, 0.2) is 48.8 Å². The molecule has 1 aromatic carbocycles. The van der Waals surface area contributed by atoms with Gasteiger partial charge in [0.25, 0.3) is 17.6 Å². The minimum absolute atomic E-state index is 0.0885. The summed E-state index contributed by atoms with van der Waals surface area (Å²) in [4.78, 5) is 48.4. The monoisotopic (exact) mass is 392 g/mol. The molecular weight excluding hydrogens is 372 g/mol. The first-order valence-corrected chi connectivity index (χ1v) is 9.32. The van der Waals surface area contributed by atoms with Crippen molar-refractivity contribution in [3.8, 4) is 5.75 Å². The van der Waals surface area contributed by atoms with Gasteiger partial charge in [-0.2, -0.15) is 0 Å². The van der Waals surface area contributed by atoms with Crippen LogP contribution in [-0.2, 0) is 4.79 Å². The van der Waals surface area contributed by atoms with Gasteiger partial charge in [0.05, 0.1) is 10.9 Å². The molecule has 0 unspecified atom stereocenters. The molecule has 0 radical (unpaired) electrons. The first-order valence-electron chi connectivity index (χ1n) is 9.32. The van der Waals surface area contributed by atoms with Crippen LogP contribution in [0.2, 0.25) is 0 Å². The average Bonchev–Trinajstić information content (AvgIpc) is 3.18. The van der Waals surface area contributed by atoms with Gasteiger partial charge < -0.3 is 19.9 Å². The summed E-state index contributed by atoms with van der Waals surface area (Å²) in [5.74, 6) is -1.58. The number of pyridine rings is 1. The van der Waals surface area contributed by atoms with E-state index < -0.39 is 11.7 Å². The predicted molar refractivity (Wildman–Crippen MR) is 106 cm³/mol. The minimum atomic E-state index is -0.714. The van der Waals surface area contributed by atoms with Gasteiger partial charge in [-0.25, -0.2) is 4.98 Å². The van der Waals surface area contributed by atoms with Crippen molar-refractivity contribution in [2.75, 3.05) is 19.6 Å². The molecular formula is C21H20N4O4. The Morgan fingerprint density at radius 1 is 1.14 bits per heavy atom. The third-order valence-electron chi connectivity index (χ3n) is 5.19. The van der Waals surface area contributed by atoms with Crippen molar-refractivity contribution in [3.05, 3.63) is 59.9 Å². The Balaban J connectivity index is 1.50. The zero-order valence-corrected chi connectivity index (χ0v) is 15.8. The molecule has 0 saturated carbocycles. The fraction of sp³-hybridized carbons (Fsp3) is 0.238. The van der Waals surface area contributed by atoms with E-state index in [9.17, 15) is 19.5 Å². The van der Waals surface area contributed by atoms with Gasteiger partial charge in [0.1, 0.15) is 11.4 Å². The summed E-state index contributed by atoms with van der Waals surface area (Å²) < 4.78 is 0. The molecule has 1 fully saturated rings. The third kappa shape index (κ3) is 3.33. The van der Waals surface area contributed by atoms with Crippen LogP contribution in [0.4, 0.5) is 0 Å². The Bertz CT molecular complexity index is 1090. The molecule has 1 aliphatic rings. The highest BCUT2D eigenvalue weighted by Gasteiger charge is 2.34. The second kappa shape index (κ2) is 7.38. The lowest BCUT2D eigenvalue weighted by atomic mass is 10.1. The van der Waals surface area contributed by atoms with E-state index in [-0.39, 0.29) is 35.2 Å². The van der Waals surface area contributed by atoms with Gasteiger partial charge in [0.15, 0.2) is 0 Å². The number of fused-ring (bicyclic) bond motifs is 1. The topological polar surface area (TPSA) is 107 Å². The maximum atomic E-state index is 12.9. The second-order valence-corrected chi connectivity index (χ2v) is 7.05. The fourth-order valence-corrected chi connectivity index (χ4v) is 3.67. The number of rotatable bonds is 3. The molecule has 4 rings (SSSR count). The van der Waals surface area contributed by atoms with E-state index in [1.807, 2.05) is 13.0 Å². The quantitative estimate of drug-likeness (QED) is 0.522. The van der Waals surface area contributed by atoms with Gasteiger partial charge in [-0.1, -0.05) is 18.2 Å². The molecule has 148 valence electrons. The molecule has 3 heterocycles. The predicted octanol–water partition coefficient (Wildman–Crippen LogP) is 1.82. The lowest BCUT2D eigenvalue weighted by Crippen LogP contribution is -2.56. The molecule has 1 saturated heterocycles. The molecule has 0 spiro atoms. The molecule has 1 aliphatic heterocycles. The number of benzene rings is 1. The highest BCUT2D eigenvalue weighted by Crippen LogP contribution is 2.27. The average molecular weight is 392 g/mol. The van der Waals surface area contributed by atoms with E-state index in [2.05, 4.69) is 9.97 Å². The SMILES string of the molecule is C[C@@H]1CN(C(=O)c2ccccc2)CCN1C(=O)C(=O)c1c[nH]c2nccc(O)c12. The summed E-state index contributed by atoms with van der Waals surface area (Å²) >= 11 is 0. The van der Waals surface area contributed by atoms with E-state index in [0.717, 1.165) is 0 Å². The van der Waals surface area contributed by atoms with Crippen LogP contribution in [0, 0.1) is 0 Å². The number of nitrogens with zero attached hydrogens (tertiary/aromatic N) is 3. The summed E-state index contributed by atoms with van der Waals surface area (Å²) in [5.41, 5.74) is 1.02. The third-order valence-corrected chi connectivity index (χ3v) is 5.19. The number of piperazine rings is 1. The lowest BCUT2D eigenvalue weighted by molar-refractivity contribution is -0.130. The largest absolute Gasteiger partial charge is 0.507 e. The van der Waals surface area contributed by atoms with E-state index in [1.54, 1.807) is 29.2 Å². The number of aromatic hydroxyl groups is 1. The smallest absolute Gasteiger partial charge is 0.295 e. The number of carbonyl (C=O) groups excluding carboxylic acids is 3. The molecule has 1 atom stereocenters. The van der Waals surface area contributed by atoms with E-state index in [0.29, 0.717) is 24.3 Å². The Kier molecular flexibility index (Phi) is 4.75. The molecule has 8 nitrogen and oxygen atoms in total. The summed E-state index contributed by atoms with van der Waals surface area (Å²) in [7, 11) is 0. The van der Waals surface area contributed by atoms with Gasteiger partial charge in [-0.15, -0.1) is 0 Å². The van der Waals surface area contributed by atoms with Crippen molar-refractivity contribution in [2.45, 2.75) is 13.0 Å². The van der Waals surface area contributed by atoms with Crippen molar-refractivity contribution in [1.82, 2.24) is 19.8 Å². The molecule has 0 bridgehead atoms. The number of Topliss-reactive ketones (excluding diaryl/α,β-unsaturated/α-hetero) is 1. The normalized spacial score (nSPS) is 16.8. The van der Waals surface area contributed by atoms with Crippen molar-refractivity contribution in [3.63, 3.8) is 0 Å². The van der Waals surface area contributed by atoms with Crippen LogP contribution in [0.5, 0.6) is 5.75 Å². The fourth-order valence-electron chi connectivity index (χ4n) is 3.67. The summed E-state index contributed by atoms with van der Waals surface area (Å²) in [6.45, 7) is 2.76. The Morgan fingerprint density at radius 3 is 2.62 bits per heavy atom. The molecule has 2 N–H and O–H groups in total. The number of amides is 2. The minimum Gasteiger partial charge on any atom is -0.507 e. The van der Waals surface area contributed by atoms with Gasteiger partial charge in [-0.3, -0.25) is 14.4 Å². The zero-order valence-electron chi connectivity index (χ0n) is 15.8. The number of ketones is 1. The number of aromatic amines is 1. The van der Waals surface area contributed by atoms with Crippen LogP contribution < -0.4 is 0 Å². The van der Waals surface area contributed by atoms with E-state index >= 15 is 0 Å². The maximum Gasteiger partial charge on any atom is 0.295 e. The number of nitrogens with one attached hydrogen (secondary N) is 1. The Hall–Kier alpha value is -3.68. The van der Waals surface area contributed by atoms with Gasteiger partial charge in [0.2, 0.25) is 0 Å². The first-order chi connectivity index (χ1) is 14.0. The lowest BCUT2D eigenvalue weighted by Gasteiger charge is -2.39. The van der Waals surface area contributed by atoms with Crippen LogP contribution in [-0.4, -0.2) is 68.1 Å². The molecule has 3 aromatic rings.